The highest BCUT2D eigenvalue weighted by Gasteiger charge is 2.17. The van der Waals surface area contributed by atoms with Gasteiger partial charge in [0.2, 0.25) is 0 Å². The largest absolute Gasteiger partial charge is 0.478 e. The van der Waals surface area contributed by atoms with Crippen molar-refractivity contribution < 1.29 is 14.3 Å². The zero-order valence-electron chi connectivity index (χ0n) is 10.3. The predicted molar refractivity (Wildman–Crippen MR) is 67.5 cm³/mol. The van der Waals surface area contributed by atoms with Crippen molar-refractivity contribution in [1.29, 1.82) is 0 Å². The summed E-state index contributed by atoms with van der Waals surface area (Å²) in [7, 11) is 2.06. The molecule has 2 N–H and O–H groups in total. The number of carboxylic acid groups (broad SMARTS) is 1. The number of anilines is 1. The minimum Gasteiger partial charge on any atom is -0.478 e. The van der Waals surface area contributed by atoms with Gasteiger partial charge in [-0.15, -0.1) is 0 Å². The van der Waals surface area contributed by atoms with Crippen molar-refractivity contribution in [1.82, 2.24) is 4.90 Å². The second-order valence-corrected chi connectivity index (χ2v) is 4.75. The van der Waals surface area contributed by atoms with E-state index in [0.29, 0.717) is 11.7 Å². The third kappa shape index (κ3) is 2.98. The van der Waals surface area contributed by atoms with Gasteiger partial charge in [0.1, 0.15) is 5.82 Å². The predicted octanol–water partition coefficient (Wildman–Crippen LogP) is 2.03. The number of halogens is 1. The summed E-state index contributed by atoms with van der Waals surface area (Å²) in [6.45, 7) is 2.01. The molecule has 18 heavy (non-hydrogen) atoms. The number of piperidine rings is 1. The Hall–Kier alpha value is -1.62. The standard InChI is InChI=1S/C13H17FN2O2/c1-16-6-2-3-10(8-16)15-9-4-5-11(13(17)18)12(14)7-9/h4-5,7,10,15H,2-3,6,8H2,1H3,(H,17,18). The molecule has 0 aromatic heterocycles. The minimum atomic E-state index is -1.24. The Bertz CT molecular complexity index is 451. The number of nitrogens with one attached hydrogen (secondary N) is 1. The third-order valence-electron chi connectivity index (χ3n) is 3.19. The topological polar surface area (TPSA) is 52.6 Å². The quantitative estimate of drug-likeness (QED) is 0.864. The fraction of sp³-hybridized carbons (Fsp3) is 0.462. The van der Waals surface area contributed by atoms with Crippen molar-refractivity contribution in [3.8, 4) is 0 Å². The Balaban J connectivity index is 2.05. The lowest BCUT2D eigenvalue weighted by molar-refractivity contribution is 0.0692. The summed E-state index contributed by atoms with van der Waals surface area (Å²) in [5.74, 6) is -1.94. The maximum atomic E-state index is 13.5. The van der Waals surface area contributed by atoms with E-state index in [0.717, 1.165) is 25.9 Å². The van der Waals surface area contributed by atoms with E-state index in [2.05, 4.69) is 17.3 Å². The minimum absolute atomic E-state index is 0.290. The highest BCUT2D eigenvalue weighted by Crippen LogP contribution is 2.18. The van der Waals surface area contributed by atoms with E-state index < -0.39 is 11.8 Å². The Morgan fingerprint density at radius 3 is 2.94 bits per heavy atom. The summed E-state index contributed by atoms with van der Waals surface area (Å²) in [6.07, 6.45) is 2.16. The van der Waals surface area contributed by atoms with E-state index in [4.69, 9.17) is 5.11 Å². The molecule has 0 bridgehead atoms. The van der Waals surface area contributed by atoms with E-state index in [1.54, 1.807) is 6.07 Å². The molecule has 0 amide bonds. The van der Waals surface area contributed by atoms with Crippen LogP contribution < -0.4 is 5.32 Å². The normalized spacial score (nSPS) is 20.7. The average molecular weight is 252 g/mol. The van der Waals surface area contributed by atoms with Crippen LogP contribution in [0.3, 0.4) is 0 Å². The Morgan fingerprint density at radius 2 is 2.33 bits per heavy atom. The number of carboxylic acids is 1. The van der Waals surface area contributed by atoms with Gasteiger partial charge in [-0.05, 0) is 44.6 Å². The van der Waals surface area contributed by atoms with E-state index in [9.17, 15) is 9.18 Å². The van der Waals surface area contributed by atoms with Crippen molar-refractivity contribution in [3.05, 3.63) is 29.6 Å². The molecule has 1 aliphatic heterocycles. The van der Waals surface area contributed by atoms with E-state index in [1.165, 1.54) is 12.1 Å². The molecule has 1 heterocycles. The molecular formula is C13H17FN2O2. The molecule has 1 fully saturated rings. The first-order valence-corrected chi connectivity index (χ1v) is 6.04. The molecule has 0 spiro atoms. The monoisotopic (exact) mass is 252 g/mol. The number of carbonyl (C=O) groups is 1. The van der Waals surface area contributed by atoms with Gasteiger partial charge in [-0.3, -0.25) is 0 Å². The Kier molecular flexibility index (Phi) is 3.81. The zero-order chi connectivity index (χ0) is 13.1. The van der Waals surface area contributed by atoms with Gasteiger partial charge >= 0.3 is 5.97 Å². The molecule has 1 aromatic carbocycles. The summed E-state index contributed by atoms with van der Waals surface area (Å²) in [6, 6.07) is 4.45. The molecule has 4 nitrogen and oxygen atoms in total. The highest BCUT2D eigenvalue weighted by molar-refractivity contribution is 5.88. The van der Waals surface area contributed by atoms with E-state index >= 15 is 0 Å². The lowest BCUT2D eigenvalue weighted by Crippen LogP contribution is -2.39. The van der Waals surface area contributed by atoms with Crippen molar-refractivity contribution in [3.63, 3.8) is 0 Å². The van der Waals surface area contributed by atoms with Crippen LogP contribution in [0.25, 0.3) is 0 Å². The van der Waals surface area contributed by atoms with Gasteiger partial charge in [0.05, 0.1) is 5.56 Å². The number of hydrogen-bond acceptors (Lipinski definition) is 3. The lowest BCUT2D eigenvalue weighted by Gasteiger charge is -2.30. The van der Waals surface area contributed by atoms with Gasteiger partial charge < -0.3 is 15.3 Å². The van der Waals surface area contributed by atoms with Gasteiger partial charge in [0, 0.05) is 18.3 Å². The molecule has 1 aliphatic rings. The van der Waals surface area contributed by atoms with Crippen molar-refractivity contribution >= 4 is 11.7 Å². The number of likely N-dealkylation sites (N-methyl/N-ethyl adjacent to an activating group) is 1. The first-order valence-electron chi connectivity index (χ1n) is 6.04. The van der Waals surface area contributed by atoms with Crippen molar-refractivity contribution in [2.45, 2.75) is 18.9 Å². The summed E-state index contributed by atoms with van der Waals surface area (Å²) >= 11 is 0. The number of hydrogen-bond donors (Lipinski definition) is 2. The van der Waals surface area contributed by atoms with Crippen LogP contribution in [0, 0.1) is 5.82 Å². The molecule has 0 saturated carbocycles. The second kappa shape index (κ2) is 5.35. The maximum Gasteiger partial charge on any atom is 0.338 e. The van der Waals surface area contributed by atoms with Crippen LogP contribution in [0.4, 0.5) is 10.1 Å². The Morgan fingerprint density at radius 1 is 1.56 bits per heavy atom. The summed E-state index contributed by atoms with van der Waals surface area (Å²) in [4.78, 5) is 12.9. The molecule has 1 atom stereocenters. The molecule has 1 unspecified atom stereocenters. The molecule has 0 radical (unpaired) electrons. The fourth-order valence-electron chi connectivity index (χ4n) is 2.30. The smallest absolute Gasteiger partial charge is 0.338 e. The number of nitrogens with zero attached hydrogens (tertiary/aromatic N) is 1. The summed E-state index contributed by atoms with van der Waals surface area (Å²) in [5.41, 5.74) is 0.346. The van der Waals surface area contributed by atoms with Gasteiger partial charge in [0.25, 0.3) is 0 Å². The molecule has 1 saturated heterocycles. The van der Waals surface area contributed by atoms with Crippen LogP contribution in [0.15, 0.2) is 18.2 Å². The second-order valence-electron chi connectivity index (χ2n) is 4.75. The van der Waals surface area contributed by atoms with E-state index in [1.807, 2.05) is 0 Å². The SMILES string of the molecule is CN1CCCC(Nc2ccc(C(=O)O)c(F)c2)C1. The van der Waals surface area contributed by atoms with Crippen LogP contribution >= 0.6 is 0 Å². The van der Waals surface area contributed by atoms with Gasteiger partial charge in [-0.25, -0.2) is 9.18 Å². The van der Waals surface area contributed by atoms with Crippen LogP contribution in [-0.2, 0) is 0 Å². The number of benzene rings is 1. The molecule has 98 valence electrons. The molecule has 2 rings (SSSR count). The summed E-state index contributed by atoms with van der Waals surface area (Å²) < 4.78 is 13.5. The van der Waals surface area contributed by atoms with Crippen molar-refractivity contribution in [2.24, 2.45) is 0 Å². The van der Waals surface area contributed by atoms with Crippen LogP contribution in [-0.4, -0.2) is 42.2 Å². The van der Waals surface area contributed by atoms with Gasteiger partial charge in [-0.1, -0.05) is 0 Å². The maximum absolute atomic E-state index is 13.5. The van der Waals surface area contributed by atoms with Crippen molar-refractivity contribution in [2.75, 3.05) is 25.5 Å². The molecule has 1 aromatic rings. The lowest BCUT2D eigenvalue weighted by atomic mass is 10.1. The highest BCUT2D eigenvalue weighted by atomic mass is 19.1. The molecular weight excluding hydrogens is 235 g/mol. The summed E-state index contributed by atoms with van der Waals surface area (Å²) in [5, 5.41) is 12.0. The average Bonchev–Trinajstić information content (AvgIpc) is 2.28. The molecule has 5 heteroatoms. The fourth-order valence-corrected chi connectivity index (χ4v) is 2.30. The number of rotatable bonds is 3. The molecule has 0 aliphatic carbocycles. The van der Waals surface area contributed by atoms with Crippen LogP contribution in [0.2, 0.25) is 0 Å². The first kappa shape index (κ1) is 12.8. The zero-order valence-corrected chi connectivity index (χ0v) is 10.3. The Labute approximate surface area is 105 Å². The van der Waals surface area contributed by atoms with Gasteiger partial charge in [0.15, 0.2) is 0 Å². The third-order valence-corrected chi connectivity index (χ3v) is 3.19. The van der Waals surface area contributed by atoms with Crippen LogP contribution in [0.1, 0.15) is 23.2 Å². The van der Waals surface area contributed by atoms with E-state index in [-0.39, 0.29) is 5.56 Å². The van der Waals surface area contributed by atoms with Gasteiger partial charge in [-0.2, -0.15) is 0 Å². The first-order chi connectivity index (χ1) is 8.56. The number of likely N-dealkylation sites (tertiary alicyclic amines) is 1. The number of aromatic carboxylic acids is 1. The van der Waals surface area contributed by atoms with Crippen LogP contribution in [0.5, 0.6) is 0 Å².